The maximum absolute atomic E-state index is 12.1. The SMILES string of the molecule is CCCCCC1CCC(OC(=O)c2ccc(C#N)cc2)CC1. The van der Waals surface area contributed by atoms with Crippen LogP contribution in [0.25, 0.3) is 0 Å². The van der Waals surface area contributed by atoms with Crippen molar-refractivity contribution in [2.75, 3.05) is 0 Å². The molecule has 22 heavy (non-hydrogen) atoms. The van der Waals surface area contributed by atoms with Crippen LogP contribution >= 0.6 is 0 Å². The fourth-order valence-electron chi connectivity index (χ4n) is 3.12. The Hall–Kier alpha value is -1.82. The average Bonchev–Trinajstić information content (AvgIpc) is 2.57. The molecule has 0 radical (unpaired) electrons. The molecule has 0 N–H and O–H groups in total. The first-order valence-corrected chi connectivity index (χ1v) is 8.44. The molecular weight excluding hydrogens is 274 g/mol. The minimum atomic E-state index is -0.265. The molecule has 1 aliphatic carbocycles. The molecule has 0 heterocycles. The lowest BCUT2D eigenvalue weighted by Gasteiger charge is -2.28. The van der Waals surface area contributed by atoms with E-state index in [1.54, 1.807) is 24.3 Å². The number of carbonyl (C=O) groups excluding carboxylic acids is 1. The predicted octanol–water partition coefficient (Wildman–Crippen LogP) is 4.85. The minimum absolute atomic E-state index is 0.0607. The molecule has 118 valence electrons. The second-order valence-corrected chi connectivity index (χ2v) is 6.23. The molecule has 1 saturated carbocycles. The van der Waals surface area contributed by atoms with E-state index < -0.39 is 0 Å². The number of hydrogen-bond donors (Lipinski definition) is 0. The van der Waals surface area contributed by atoms with Crippen molar-refractivity contribution >= 4 is 5.97 Å². The van der Waals surface area contributed by atoms with Crippen LogP contribution in [0.15, 0.2) is 24.3 Å². The maximum atomic E-state index is 12.1. The van der Waals surface area contributed by atoms with E-state index in [2.05, 4.69) is 6.92 Å². The summed E-state index contributed by atoms with van der Waals surface area (Å²) in [5, 5.41) is 8.76. The Bertz CT molecular complexity index is 507. The van der Waals surface area contributed by atoms with Gasteiger partial charge in [-0.1, -0.05) is 32.6 Å². The van der Waals surface area contributed by atoms with Gasteiger partial charge in [0.05, 0.1) is 17.2 Å². The molecule has 1 aromatic carbocycles. The van der Waals surface area contributed by atoms with E-state index in [0.29, 0.717) is 11.1 Å². The lowest BCUT2D eigenvalue weighted by atomic mass is 9.84. The van der Waals surface area contributed by atoms with Crippen LogP contribution in [-0.2, 0) is 4.74 Å². The fourth-order valence-corrected chi connectivity index (χ4v) is 3.12. The minimum Gasteiger partial charge on any atom is -0.459 e. The van der Waals surface area contributed by atoms with Crippen LogP contribution in [0.5, 0.6) is 0 Å². The van der Waals surface area contributed by atoms with Crippen LogP contribution in [0.3, 0.4) is 0 Å². The van der Waals surface area contributed by atoms with E-state index in [1.807, 2.05) is 6.07 Å². The Balaban J connectivity index is 1.75. The Morgan fingerprint density at radius 2 is 1.86 bits per heavy atom. The monoisotopic (exact) mass is 299 g/mol. The Morgan fingerprint density at radius 1 is 1.18 bits per heavy atom. The van der Waals surface area contributed by atoms with Crippen molar-refractivity contribution in [1.82, 2.24) is 0 Å². The standard InChI is InChI=1S/C19H25NO2/c1-2-3-4-5-15-8-12-18(13-9-15)22-19(21)17-10-6-16(14-20)7-11-17/h6-7,10-11,15,18H,2-5,8-9,12-13H2,1H3. The first-order valence-electron chi connectivity index (χ1n) is 8.44. The summed E-state index contributed by atoms with van der Waals surface area (Å²) in [5.41, 5.74) is 1.09. The molecule has 0 atom stereocenters. The molecule has 0 bridgehead atoms. The summed E-state index contributed by atoms with van der Waals surface area (Å²) in [6, 6.07) is 8.68. The first-order chi connectivity index (χ1) is 10.7. The number of carbonyl (C=O) groups is 1. The normalized spacial score (nSPS) is 21.1. The highest BCUT2D eigenvalue weighted by Crippen LogP contribution is 2.30. The van der Waals surface area contributed by atoms with Crippen LogP contribution in [0.2, 0.25) is 0 Å². The molecule has 1 aliphatic rings. The van der Waals surface area contributed by atoms with Gasteiger partial charge in [-0.3, -0.25) is 0 Å². The average molecular weight is 299 g/mol. The first kappa shape index (κ1) is 16.5. The molecule has 0 saturated heterocycles. The number of hydrogen-bond acceptors (Lipinski definition) is 3. The van der Waals surface area contributed by atoms with Gasteiger partial charge in [-0.2, -0.15) is 5.26 Å². The third kappa shape index (κ3) is 4.87. The van der Waals surface area contributed by atoms with Gasteiger partial charge in [0, 0.05) is 0 Å². The second kappa shape index (κ2) is 8.58. The van der Waals surface area contributed by atoms with E-state index >= 15 is 0 Å². The fraction of sp³-hybridized carbons (Fsp3) is 0.579. The zero-order valence-electron chi connectivity index (χ0n) is 13.4. The summed E-state index contributed by atoms with van der Waals surface area (Å²) in [7, 11) is 0. The number of ether oxygens (including phenoxy) is 1. The van der Waals surface area contributed by atoms with Crippen LogP contribution < -0.4 is 0 Å². The van der Waals surface area contributed by atoms with E-state index in [1.165, 1.54) is 38.5 Å². The van der Waals surface area contributed by atoms with Crippen LogP contribution in [0, 0.1) is 17.2 Å². The summed E-state index contributed by atoms with van der Waals surface area (Å²) in [6.07, 6.45) is 9.64. The van der Waals surface area contributed by atoms with E-state index in [9.17, 15) is 4.79 Å². The van der Waals surface area contributed by atoms with Gasteiger partial charge in [-0.25, -0.2) is 4.79 Å². The van der Waals surface area contributed by atoms with Gasteiger partial charge in [-0.15, -0.1) is 0 Å². The largest absolute Gasteiger partial charge is 0.459 e. The van der Waals surface area contributed by atoms with Crippen molar-refractivity contribution in [1.29, 1.82) is 5.26 Å². The summed E-state index contributed by atoms with van der Waals surface area (Å²) < 4.78 is 5.60. The van der Waals surface area contributed by atoms with Crippen molar-refractivity contribution in [3.05, 3.63) is 35.4 Å². The van der Waals surface area contributed by atoms with Crippen molar-refractivity contribution in [2.24, 2.45) is 5.92 Å². The predicted molar refractivity (Wildman–Crippen MR) is 86.5 cm³/mol. The van der Waals surface area contributed by atoms with Crippen molar-refractivity contribution in [3.63, 3.8) is 0 Å². The van der Waals surface area contributed by atoms with Crippen LogP contribution in [0.4, 0.5) is 0 Å². The van der Waals surface area contributed by atoms with Gasteiger partial charge in [-0.05, 0) is 55.9 Å². The molecule has 0 unspecified atom stereocenters. The number of unbranched alkanes of at least 4 members (excludes halogenated alkanes) is 2. The molecule has 2 rings (SSSR count). The van der Waals surface area contributed by atoms with Gasteiger partial charge >= 0.3 is 5.97 Å². The Labute approximate surface area is 133 Å². The van der Waals surface area contributed by atoms with Gasteiger partial charge in [0.25, 0.3) is 0 Å². The number of benzene rings is 1. The highest BCUT2D eigenvalue weighted by Gasteiger charge is 2.24. The van der Waals surface area contributed by atoms with Crippen molar-refractivity contribution in [2.45, 2.75) is 64.4 Å². The molecule has 1 aromatic rings. The van der Waals surface area contributed by atoms with Crippen LogP contribution in [-0.4, -0.2) is 12.1 Å². The summed E-state index contributed by atoms with van der Waals surface area (Å²) in [5.74, 6) is 0.551. The lowest BCUT2D eigenvalue weighted by molar-refractivity contribution is 0.0161. The highest BCUT2D eigenvalue weighted by atomic mass is 16.5. The lowest BCUT2D eigenvalue weighted by Crippen LogP contribution is -2.24. The summed E-state index contributed by atoms with van der Waals surface area (Å²) >= 11 is 0. The maximum Gasteiger partial charge on any atom is 0.338 e. The molecule has 1 fully saturated rings. The van der Waals surface area contributed by atoms with Gasteiger partial charge < -0.3 is 4.74 Å². The molecule has 0 amide bonds. The molecule has 3 nitrogen and oxygen atoms in total. The van der Waals surface area contributed by atoms with E-state index in [4.69, 9.17) is 10.00 Å². The van der Waals surface area contributed by atoms with E-state index in [0.717, 1.165) is 18.8 Å². The van der Waals surface area contributed by atoms with E-state index in [-0.39, 0.29) is 12.1 Å². The Morgan fingerprint density at radius 3 is 2.45 bits per heavy atom. The van der Waals surface area contributed by atoms with Crippen molar-refractivity contribution < 1.29 is 9.53 Å². The van der Waals surface area contributed by atoms with Crippen LogP contribution in [0.1, 0.15) is 74.2 Å². The topological polar surface area (TPSA) is 50.1 Å². The molecule has 0 aromatic heterocycles. The molecule has 0 aliphatic heterocycles. The molecule has 0 spiro atoms. The smallest absolute Gasteiger partial charge is 0.338 e. The zero-order valence-corrected chi connectivity index (χ0v) is 13.4. The number of nitriles is 1. The van der Waals surface area contributed by atoms with Gasteiger partial charge in [0.1, 0.15) is 6.10 Å². The summed E-state index contributed by atoms with van der Waals surface area (Å²) in [6.45, 7) is 2.24. The number of esters is 1. The number of nitrogens with zero attached hydrogens (tertiary/aromatic N) is 1. The van der Waals surface area contributed by atoms with Gasteiger partial charge in [0.2, 0.25) is 0 Å². The van der Waals surface area contributed by atoms with Crippen molar-refractivity contribution in [3.8, 4) is 6.07 Å². The molecule has 3 heteroatoms. The third-order valence-corrected chi connectivity index (χ3v) is 4.53. The quantitative estimate of drug-likeness (QED) is 0.557. The summed E-state index contributed by atoms with van der Waals surface area (Å²) in [4.78, 5) is 12.1. The zero-order chi connectivity index (χ0) is 15.8. The highest BCUT2D eigenvalue weighted by molar-refractivity contribution is 5.89. The van der Waals surface area contributed by atoms with Gasteiger partial charge in [0.15, 0.2) is 0 Å². The Kier molecular flexibility index (Phi) is 6.45. The second-order valence-electron chi connectivity index (χ2n) is 6.23. The third-order valence-electron chi connectivity index (χ3n) is 4.53. The molecular formula is C19H25NO2. The number of rotatable bonds is 6.